The van der Waals surface area contributed by atoms with Crippen LogP contribution < -0.4 is 0 Å². The Kier molecular flexibility index (Phi) is 13.9. The quantitative estimate of drug-likeness (QED) is 0.444. The summed E-state index contributed by atoms with van der Waals surface area (Å²) in [6.07, 6.45) is -1.83. The number of hydrogen-bond donors (Lipinski definition) is 2. The Hall–Kier alpha value is -0.159. The summed E-state index contributed by atoms with van der Waals surface area (Å²) in [7, 11) is 1.27. The van der Waals surface area contributed by atoms with Gasteiger partial charge in [-0.25, -0.2) is 4.79 Å². The van der Waals surface area contributed by atoms with Crippen LogP contribution >= 0.6 is 0 Å². The normalized spacial score (nSPS) is 9.33. The topological polar surface area (TPSA) is 76.0 Å². The Morgan fingerprint density at radius 1 is 1.33 bits per heavy atom. The molecule has 9 heavy (non-hydrogen) atoms. The van der Waals surface area contributed by atoms with Gasteiger partial charge in [0.2, 0.25) is 0 Å². The largest absolute Gasteiger partial charge is 0.503 e. The highest BCUT2D eigenvalue weighted by molar-refractivity contribution is 6.33. The zero-order valence-electron chi connectivity index (χ0n) is 5.33. The highest BCUT2D eigenvalue weighted by atomic mass is 28.3. The molecule has 0 bridgehead atoms. The summed E-state index contributed by atoms with van der Waals surface area (Å²) in [4.78, 5) is 8.56. The lowest BCUT2D eigenvalue weighted by molar-refractivity contribution is 0.137. The van der Waals surface area contributed by atoms with Crippen LogP contribution in [0.15, 0.2) is 0 Å². The molecule has 8 heteroatoms. The summed E-state index contributed by atoms with van der Waals surface area (Å²) in [6.45, 7) is 0. The molecule has 0 aliphatic carbocycles. The van der Waals surface area contributed by atoms with Crippen LogP contribution in [0.25, 0.3) is 0 Å². The molecule has 0 aliphatic rings. The van der Waals surface area contributed by atoms with E-state index in [1.165, 1.54) is 0 Å². The van der Waals surface area contributed by atoms with Crippen LogP contribution in [0.1, 0.15) is 0 Å². The van der Waals surface area contributed by atoms with Crippen LogP contribution in [0, 0.1) is 0 Å². The van der Waals surface area contributed by atoms with Gasteiger partial charge in [0.1, 0.15) is 21.0 Å². The first-order chi connectivity index (χ1) is 4.15. The van der Waals surface area contributed by atoms with Crippen LogP contribution in [0.2, 0.25) is 0 Å². The lowest BCUT2D eigenvalue weighted by Gasteiger charge is -1.87. The van der Waals surface area contributed by atoms with E-state index < -0.39 is 16.2 Å². The lowest BCUT2D eigenvalue weighted by atomic mass is 11.5. The van der Waals surface area contributed by atoms with E-state index in [9.17, 15) is 0 Å². The molecule has 0 unspecified atom stereocenters. The molecule has 0 aliphatic heterocycles. The molecule has 0 aromatic heterocycles. The van der Waals surface area contributed by atoms with E-state index in [1.807, 2.05) is 0 Å². The van der Waals surface area contributed by atoms with Gasteiger partial charge in [-0.3, -0.25) is 0 Å². The maximum atomic E-state index is 8.56. The molecule has 5 nitrogen and oxygen atoms in total. The zero-order valence-corrected chi connectivity index (χ0v) is 10.7. The summed E-state index contributed by atoms with van der Waals surface area (Å²) in [5.41, 5.74) is 0. The average Bonchev–Trinajstić information content (AvgIpc) is 1.66. The van der Waals surface area contributed by atoms with Gasteiger partial charge in [-0.15, -0.1) is 0 Å². The van der Waals surface area contributed by atoms with Crippen LogP contribution in [0.3, 0.4) is 0 Å². The van der Waals surface area contributed by atoms with Crippen molar-refractivity contribution in [2.45, 2.75) is 0 Å². The van der Waals surface area contributed by atoms with Crippen LogP contribution in [0.4, 0.5) is 4.79 Å². The predicted octanol–water partition coefficient (Wildman–Crippen LogP) is -3.20. The first-order valence-electron chi connectivity index (χ1n) is 2.05. The molecule has 2 N–H and O–H groups in total. The van der Waals surface area contributed by atoms with Crippen molar-refractivity contribution in [3.05, 3.63) is 0 Å². The summed E-state index contributed by atoms with van der Waals surface area (Å²) < 4.78 is 9.56. The summed E-state index contributed by atoms with van der Waals surface area (Å²) in [6, 6.07) is 0. The Morgan fingerprint density at radius 2 is 1.56 bits per heavy atom. The fourth-order valence-electron chi connectivity index (χ4n) is 0.118. The van der Waals surface area contributed by atoms with Gasteiger partial charge in [0.25, 0.3) is 10.0 Å². The standard InChI is InChI=1S/CH2O3.H8O2Si3/c2-1(3)4;3-1-5-2-4/h(H2,2,3,4);5H2,3-4H3. The first kappa shape index (κ1) is 11.6. The second-order valence-electron chi connectivity index (χ2n) is 0.978. The average molecular weight is 186 g/mol. The minimum absolute atomic E-state index is 0.444. The van der Waals surface area contributed by atoms with Crippen LogP contribution in [-0.2, 0) is 8.23 Å². The maximum Gasteiger partial charge on any atom is 0.503 e. The van der Waals surface area contributed by atoms with Crippen molar-refractivity contribution in [1.29, 1.82) is 0 Å². The molecular formula is CH10O5Si3. The molecule has 0 spiro atoms. The van der Waals surface area contributed by atoms with E-state index in [4.69, 9.17) is 23.2 Å². The van der Waals surface area contributed by atoms with Crippen molar-refractivity contribution >= 4 is 37.1 Å². The van der Waals surface area contributed by atoms with Gasteiger partial charge < -0.3 is 18.4 Å². The number of carboxylic acid groups (broad SMARTS) is 2. The van der Waals surface area contributed by atoms with E-state index in [2.05, 4.69) is 0 Å². The number of carbonyl (C=O) groups is 1. The second-order valence-corrected chi connectivity index (χ2v) is 5.83. The predicted molar refractivity (Wildman–Crippen MR) is 41.2 cm³/mol. The highest BCUT2D eigenvalue weighted by Crippen LogP contribution is 1.52. The SMILES string of the molecule is O=C(O)O.[SiH3]O[SiH2]O[SiH3]. The third kappa shape index (κ3) is 78.9. The molecule has 0 saturated heterocycles. The van der Waals surface area contributed by atoms with E-state index in [1.54, 1.807) is 0 Å². The smallest absolute Gasteiger partial charge is 0.450 e. The summed E-state index contributed by atoms with van der Waals surface area (Å²) in [5, 5.41) is 13.9. The molecule has 0 atom stereocenters. The van der Waals surface area contributed by atoms with Crippen molar-refractivity contribution in [3.8, 4) is 0 Å². The van der Waals surface area contributed by atoms with Crippen molar-refractivity contribution in [2.24, 2.45) is 0 Å². The van der Waals surface area contributed by atoms with Gasteiger partial charge in [-0.05, 0) is 0 Å². The van der Waals surface area contributed by atoms with Crippen molar-refractivity contribution in [1.82, 2.24) is 0 Å². The number of rotatable bonds is 2. The minimum Gasteiger partial charge on any atom is -0.450 e. The molecule has 0 aromatic rings. The van der Waals surface area contributed by atoms with Gasteiger partial charge in [0.15, 0.2) is 0 Å². The van der Waals surface area contributed by atoms with E-state index in [-0.39, 0.29) is 0 Å². The fourth-order valence-corrected chi connectivity index (χ4v) is 3.18. The monoisotopic (exact) mass is 186 g/mol. The minimum atomic E-state index is -1.83. The Bertz CT molecular complexity index is 59.2. The van der Waals surface area contributed by atoms with E-state index >= 15 is 0 Å². The molecule has 0 amide bonds. The van der Waals surface area contributed by atoms with Gasteiger partial charge in [0, 0.05) is 0 Å². The van der Waals surface area contributed by atoms with E-state index in [0.29, 0.717) is 0 Å². The first-order valence-corrected chi connectivity index (χ1v) is 4.83. The molecule has 56 valence electrons. The zero-order chi connectivity index (χ0) is 7.70. The molecular weight excluding hydrogens is 176 g/mol. The van der Waals surface area contributed by atoms with Crippen molar-refractivity contribution in [2.75, 3.05) is 0 Å². The molecule has 0 rings (SSSR count). The molecule has 0 aromatic carbocycles. The van der Waals surface area contributed by atoms with Crippen molar-refractivity contribution < 1.29 is 23.2 Å². The van der Waals surface area contributed by atoms with Crippen LogP contribution in [-0.4, -0.2) is 47.3 Å². The van der Waals surface area contributed by atoms with Gasteiger partial charge in [0.05, 0.1) is 0 Å². The Balaban J connectivity index is 0. The van der Waals surface area contributed by atoms with Gasteiger partial charge in [-0.1, -0.05) is 0 Å². The number of hydrogen-bond acceptors (Lipinski definition) is 3. The molecule has 0 radical (unpaired) electrons. The molecule has 0 heterocycles. The maximum absolute atomic E-state index is 8.56. The van der Waals surface area contributed by atoms with Crippen molar-refractivity contribution in [3.63, 3.8) is 0 Å². The molecule has 0 fully saturated rings. The van der Waals surface area contributed by atoms with Crippen LogP contribution in [0.5, 0.6) is 0 Å². The molecule has 0 saturated carbocycles. The summed E-state index contributed by atoms with van der Waals surface area (Å²) >= 11 is 0. The second kappa shape index (κ2) is 10.8. The third-order valence-electron chi connectivity index (χ3n) is 0.236. The Labute approximate surface area is 61.1 Å². The lowest BCUT2D eigenvalue weighted by Crippen LogP contribution is -1.96. The van der Waals surface area contributed by atoms with Gasteiger partial charge in [-0.2, -0.15) is 0 Å². The Morgan fingerprint density at radius 3 is 1.56 bits per heavy atom. The third-order valence-corrected chi connectivity index (χ3v) is 2.12. The highest BCUT2D eigenvalue weighted by Gasteiger charge is 1.70. The van der Waals surface area contributed by atoms with Gasteiger partial charge >= 0.3 is 6.16 Å². The van der Waals surface area contributed by atoms with E-state index in [0.717, 1.165) is 21.0 Å². The fraction of sp³-hybridized carbons (Fsp3) is 0. The summed E-state index contributed by atoms with van der Waals surface area (Å²) in [5.74, 6) is 0.